The molecule has 1 fully saturated rings. The number of rotatable bonds is 14. The summed E-state index contributed by atoms with van der Waals surface area (Å²) in [7, 11) is 0. The summed E-state index contributed by atoms with van der Waals surface area (Å²) in [5, 5.41) is 11.6. The Kier molecular flexibility index (Phi) is 11.7. The molecule has 0 saturated carbocycles. The smallest absolute Gasteiger partial charge is 0.351 e. The van der Waals surface area contributed by atoms with Gasteiger partial charge in [-0.25, -0.2) is 4.79 Å². The topological polar surface area (TPSA) is 140 Å². The highest BCUT2D eigenvalue weighted by atomic mass is 16.6. The quantitative estimate of drug-likeness (QED) is 0.0811. The maximum atomic E-state index is 13.6. The van der Waals surface area contributed by atoms with Gasteiger partial charge in [0.15, 0.2) is 6.23 Å². The number of esters is 1. The number of aromatic nitrogens is 2. The third-order valence-corrected chi connectivity index (χ3v) is 8.33. The molecule has 0 aliphatic carbocycles. The number of ether oxygens (including phenoxy) is 2. The maximum absolute atomic E-state index is 13.6. The lowest BCUT2D eigenvalue weighted by Crippen LogP contribution is -2.58. The predicted octanol–water partition coefficient (Wildman–Crippen LogP) is 5.08. The highest BCUT2D eigenvalue weighted by Gasteiger charge is 2.46. The molecule has 1 aliphatic rings. The second kappa shape index (κ2) is 16.5. The lowest BCUT2D eigenvalue weighted by atomic mass is 9.75. The number of amides is 1. The number of carbonyl (C=O) groups excluding carboxylic acids is 2. The van der Waals surface area contributed by atoms with Gasteiger partial charge >= 0.3 is 17.6 Å². The van der Waals surface area contributed by atoms with Gasteiger partial charge in [-0.2, -0.15) is 4.98 Å². The molecule has 1 aliphatic heterocycles. The first-order valence-corrected chi connectivity index (χ1v) is 16.1. The van der Waals surface area contributed by atoms with E-state index in [1.165, 1.54) is 35.1 Å². The zero-order valence-electron chi connectivity index (χ0n) is 27.4. The van der Waals surface area contributed by atoms with E-state index >= 15 is 0 Å². The SMILES string of the molecule is C=C/C=C(\C=C)C(=O)Nc1ccn(C2CN(C(c3ccccc3)(c3ccccc3)c3ccccc3)CC(COC(=O)CCC(=O)O)O2)c(=O)n1. The molecule has 4 aromatic rings. The summed E-state index contributed by atoms with van der Waals surface area (Å²) >= 11 is 0. The molecule has 50 heavy (non-hydrogen) atoms. The molecule has 1 saturated heterocycles. The van der Waals surface area contributed by atoms with Crippen LogP contribution in [0.1, 0.15) is 35.8 Å². The fourth-order valence-corrected chi connectivity index (χ4v) is 6.14. The van der Waals surface area contributed by atoms with Crippen LogP contribution in [0.15, 0.2) is 145 Å². The number of morpholine rings is 1. The second-order valence-electron chi connectivity index (χ2n) is 11.5. The van der Waals surface area contributed by atoms with Crippen LogP contribution in [0.25, 0.3) is 0 Å². The van der Waals surface area contributed by atoms with Crippen LogP contribution in [-0.4, -0.2) is 63.2 Å². The molecule has 0 bridgehead atoms. The Balaban J connectivity index is 1.58. The number of nitrogens with zero attached hydrogens (tertiary/aromatic N) is 3. The van der Waals surface area contributed by atoms with Gasteiger partial charge in [-0.3, -0.25) is 23.9 Å². The number of benzene rings is 3. The molecular formula is C39H38N4O7. The van der Waals surface area contributed by atoms with Crippen molar-refractivity contribution >= 4 is 23.7 Å². The van der Waals surface area contributed by atoms with Crippen molar-refractivity contribution in [1.29, 1.82) is 0 Å². The van der Waals surface area contributed by atoms with Gasteiger partial charge in [0.05, 0.1) is 18.4 Å². The van der Waals surface area contributed by atoms with Crippen LogP contribution in [0.5, 0.6) is 0 Å². The zero-order chi connectivity index (χ0) is 35.5. The molecule has 256 valence electrons. The van der Waals surface area contributed by atoms with E-state index < -0.39 is 41.4 Å². The van der Waals surface area contributed by atoms with Crippen molar-refractivity contribution in [2.24, 2.45) is 0 Å². The van der Waals surface area contributed by atoms with E-state index in [0.29, 0.717) is 0 Å². The van der Waals surface area contributed by atoms with Crippen molar-refractivity contribution in [3.8, 4) is 0 Å². The lowest BCUT2D eigenvalue weighted by molar-refractivity contribution is -0.171. The lowest BCUT2D eigenvalue weighted by Gasteiger charge is -2.50. The first-order chi connectivity index (χ1) is 24.3. The van der Waals surface area contributed by atoms with Crippen molar-refractivity contribution in [3.05, 3.63) is 167 Å². The summed E-state index contributed by atoms with van der Waals surface area (Å²) in [6.45, 7) is 7.53. The average Bonchev–Trinajstić information content (AvgIpc) is 3.13. The van der Waals surface area contributed by atoms with Crippen molar-refractivity contribution in [2.45, 2.75) is 30.7 Å². The van der Waals surface area contributed by atoms with E-state index in [-0.39, 0.29) is 43.9 Å². The van der Waals surface area contributed by atoms with E-state index in [1.807, 2.05) is 54.6 Å². The molecule has 0 spiro atoms. The Morgan fingerprint density at radius 2 is 1.48 bits per heavy atom. The van der Waals surface area contributed by atoms with Crippen LogP contribution in [-0.2, 0) is 29.4 Å². The molecule has 11 nitrogen and oxygen atoms in total. The summed E-state index contributed by atoms with van der Waals surface area (Å²) in [4.78, 5) is 56.1. The Bertz CT molecular complexity index is 1810. The summed E-state index contributed by atoms with van der Waals surface area (Å²) in [6.07, 6.45) is 3.52. The Morgan fingerprint density at radius 1 is 0.900 bits per heavy atom. The van der Waals surface area contributed by atoms with Crippen LogP contribution < -0.4 is 11.0 Å². The van der Waals surface area contributed by atoms with Gasteiger partial charge in [0, 0.05) is 24.9 Å². The van der Waals surface area contributed by atoms with Gasteiger partial charge < -0.3 is 19.9 Å². The van der Waals surface area contributed by atoms with Gasteiger partial charge in [-0.15, -0.1) is 0 Å². The molecule has 11 heteroatoms. The molecule has 1 amide bonds. The van der Waals surface area contributed by atoms with Crippen LogP contribution in [0, 0.1) is 0 Å². The Labute approximate surface area is 289 Å². The Morgan fingerprint density at radius 3 is 1.98 bits per heavy atom. The molecule has 2 unspecified atom stereocenters. The van der Waals surface area contributed by atoms with E-state index in [9.17, 15) is 19.2 Å². The largest absolute Gasteiger partial charge is 0.481 e. The van der Waals surface area contributed by atoms with Gasteiger partial charge in [-0.05, 0) is 22.8 Å². The summed E-state index contributed by atoms with van der Waals surface area (Å²) in [6, 6.07) is 31.5. The van der Waals surface area contributed by atoms with Crippen LogP contribution in [0.3, 0.4) is 0 Å². The van der Waals surface area contributed by atoms with E-state index in [1.54, 1.807) is 0 Å². The second-order valence-corrected chi connectivity index (χ2v) is 11.5. The molecule has 2 atom stereocenters. The Hall–Kier alpha value is -5.91. The van der Waals surface area contributed by atoms with Gasteiger partial charge in [0.1, 0.15) is 18.5 Å². The number of hydrogen-bond donors (Lipinski definition) is 2. The normalized spacial score (nSPS) is 16.6. The summed E-state index contributed by atoms with van der Waals surface area (Å²) < 4.78 is 13.3. The number of nitrogens with one attached hydrogen (secondary N) is 1. The van der Waals surface area contributed by atoms with Gasteiger partial charge in [0.25, 0.3) is 5.91 Å². The van der Waals surface area contributed by atoms with Gasteiger partial charge in [-0.1, -0.05) is 122 Å². The number of anilines is 1. The monoisotopic (exact) mass is 674 g/mol. The van der Waals surface area contributed by atoms with E-state index in [2.05, 4.69) is 64.8 Å². The van der Waals surface area contributed by atoms with Gasteiger partial charge in [0.2, 0.25) is 0 Å². The fraction of sp³-hybridized carbons (Fsp3) is 0.205. The maximum Gasteiger partial charge on any atom is 0.351 e. The van der Waals surface area contributed by atoms with Crippen molar-refractivity contribution < 1.29 is 29.0 Å². The minimum Gasteiger partial charge on any atom is -0.481 e. The minimum atomic E-state index is -1.11. The van der Waals surface area contributed by atoms with E-state index in [0.717, 1.165) is 16.7 Å². The fourth-order valence-electron chi connectivity index (χ4n) is 6.14. The van der Waals surface area contributed by atoms with Crippen molar-refractivity contribution in [3.63, 3.8) is 0 Å². The number of carbonyl (C=O) groups is 3. The van der Waals surface area contributed by atoms with Crippen molar-refractivity contribution in [2.75, 3.05) is 25.0 Å². The number of aliphatic carboxylic acids is 1. The number of carboxylic acids is 1. The van der Waals surface area contributed by atoms with E-state index in [4.69, 9.17) is 14.6 Å². The summed E-state index contributed by atoms with van der Waals surface area (Å²) in [5.41, 5.74) is 1.57. The summed E-state index contributed by atoms with van der Waals surface area (Å²) in [5.74, 6) is -2.25. The predicted molar refractivity (Wildman–Crippen MR) is 188 cm³/mol. The highest BCUT2D eigenvalue weighted by molar-refractivity contribution is 6.05. The third kappa shape index (κ3) is 8.03. The third-order valence-electron chi connectivity index (χ3n) is 8.33. The zero-order valence-corrected chi connectivity index (χ0v) is 27.4. The molecular weight excluding hydrogens is 636 g/mol. The standard InChI is InChI=1S/C39H38N4O7/c1-3-14-28(4-2)37(47)40-33-23-24-43(38(48)41-33)34-26-42(25-32(50-34)27-49-36(46)22-21-35(44)45)39(29-15-8-5-9-16-29,30-17-10-6-11-18-30)31-19-12-7-13-20-31/h3-20,23-24,32,34H,1-2,21-22,25-27H2,(H,44,45)(H,40,41,47,48)/b28-14+. The molecule has 2 heterocycles. The van der Waals surface area contributed by atoms with Crippen molar-refractivity contribution in [1.82, 2.24) is 14.5 Å². The first-order valence-electron chi connectivity index (χ1n) is 16.1. The molecule has 2 N–H and O–H groups in total. The number of carboxylic acid groups (broad SMARTS) is 1. The van der Waals surface area contributed by atoms with Crippen LogP contribution >= 0.6 is 0 Å². The average molecular weight is 675 g/mol. The minimum absolute atomic E-state index is 0.0387. The number of allylic oxidation sites excluding steroid dienone is 2. The molecule has 0 radical (unpaired) electrons. The van der Waals surface area contributed by atoms with Crippen LogP contribution in [0.2, 0.25) is 0 Å². The molecule has 3 aromatic carbocycles. The van der Waals surface area contributed by atoms with Crippen LogP contribution in [0.4, 0.5) is 5.82 Å². The highest BCUT2D eigenvalue weighted by Crippen LogP contribution is 2.44. The molecule has 5 rings (SSSR count). The molecule has 1 aromatic heterocycles. The first kappa shape index (κ1) is 35.4. The number of hydrogen-bond acceptors (Lipinski definition) is 8.